The van der Waals surface area contributed by atoms with Crippen molar-refractivity contribution in [3.63, 3.8) is 0 Å². The van der Waals surface area contributed by atoms with Gasteiger partial charge in [-0.3, -0.25) is 5.43 Å². The predicted molar refractivity (Wildman–Crippen MR) is 68.8 cm³/mol. The first kappa shape index (κ1) is 17.4. The molecule has 0 unspecified atom stereocenters. The van der Waals surface area contributed by atoms with Gasteiger partial charge in [-0.15, -0.1) is 0 Å². The summed E-state index contributed by atoms with van der Waals surface area (Å²) in [4.78, 5) is 11.2. The van der Waals surface area contributed by atoms with Gasteiger partial charge in [0.15, 0.2) is 0 Å². The third kappa shape index (κ3) is 6.11. The standard InChI is InChI=1S/C12H15F5N2O2.2H2/c13-11(14,12(15,16)17)6-7-18-19-10(20)21-8-9-4-2-1-3-5-9;;/h2,4-5,18H,1,3,6-8H2,(H,19,20);2*1H. The average Bonchev–Trinajstić information content (AvgIpc) is 2.41. The lowest BCUT2D eigenvalue weighted by atomic mass is 10.1. The lowest BCUT2D eigenvalue weighted by Crippen LogP contribution is -2.43. The first-order chi connectivity index (χ1) is 9.72. The Morgan fingerprint density at radius 2 is 2.00 bits per heavy atom. The number of carbonyl (C=O) groups excluding carboxylic acids is 1. The van der Waals surface area contributed by atoms with Crippen LogP contribution in [0.25, 0.3) is 0 Å². The highest BCUT2D eigenvalue weighted by Crippen LogP contribution is 2.37. The van der Waals surface area contributed by atoms with Gasteiger partial charge < -0.3 is 4.74 Å². The fourth-order valence-electron chi connectivity index (χ4n) is 1.46. The maximum atomic E-state index is 12.5. The number of nitrogens with one attached hydrogen (secondary N) is 2. The van der Waals surface area contributed by atoms with Crippen LogP contribution < -0.4 is 10.9 Å². The monoisotopic (exact) mass is 318 g/mol. The van der Waals surface area contributed by atoms with Gasteiger partial charge in [-0.05, 0) is 18.4 Å². The molecule has 0 heterocycles. The molecule has 0 saturated heterocycles. The molecule has 1 amide bonds. The molecular weight excluding hydrogens is 299 g/mol. The quantitative estimate of drug-likeness (QED) is 0.447. The summed E-state index contributed by atoms with van der Waals surface area (Å²) in [6.45, 7) is -0.743. The smallest absolute Gasteiger partial charge is 0.444 e. The highest BCUT2D eigenvalue weighted by Gasteiger charge is 2.56. The Morgan fingerprint density at radius 1 is 1.29 bits per heavy atom. The second kappa shape index (κ2) is 7.39. The largest absolute Gasteiger partial charge is 0.453 e. The third-order valence-corrected chi connectivity index (χ3v) is 2.61. The van der Waals surface area contributed by atoms with Crippen molar-refractivity contribution in [3.8, 4) is 0 Å². The van der Waals surface area contributed by atoms with E-state index in [0.717, 1.165) is 18.4 Å². The van der Waals surface area contributed by atoms with Crippen molar-refractivity contribution in [2.24, 2.45) is 0 Å². The van der Waals surface area contributed by atoms with Crippen LogP contribution in [0.5, 0.6) is 0 Å². The number of ether oxygens (including phenoxy) is 1. The van der Waals surface area contributed by atoms with Gasteiger partial charge in [0, 0.05) is 15.8 Å². The average molecular weight is 318 g/mol. The van der Waals surface area contributed by atoms with Crippen LogP contribution >= 0.6 is 0 Å². The number of hydrogen-bond acceptors (Lipinski definition) is 3. The second-order valence-corrected chi connectivity index (χ2v) is 4.34. The van der Waals surface area contributed by atoms with Crippen LogP contribution in [0, 0.1) is 0 Å². The molecule has 0 aromatic carbocycles. The fraction of sp³-hybridized carbons (Fsp3) is 0.583. The van der Waals surface area contributed by atoms with E-state index < -0.39 is 31.2 Å². The van der Waals surface area contributed by atoms with E-state index in [1.165, 1.54) is 0 Å². The van der Waals surface area contributed by atoms with Gasteiger partial charge in [0.2, 0.25) is 0 Å². The molecule has 124 valence electrons. The molecule has 0 aromatic heterocycles. The summed E-state index contributed by atoms with van der Waals surface area (Å²) in [5.74, 6) is -4.80. The van der Waals surface area contributed by atoms with Gasteiger partial charge in [-0.2, -0.15) is 22.0 Å². The van der Waals surface area contributed by atoms with Gasteiger partial charge in [-0.1, -0.05) is 18.2 Å². The molecule has 0 atom stereocenters. The van der Waals surface area contributed by atoms with Gasteiger partial charge in [0.1, 0.15) is 6.61 Å². The van der Waals surface area contributed by atoms with Gasteiger partial charge in [0.25, 0.3) is 0 Å². The third-order valence-electron chi connectivity index (χ3n) is 2.61. The molecule has 2 N–H and O–H groups in total. The molecule has 1 aliphatic rings. The Kier molecular flexibility index (Phi) is 6.13. The van der Waals surface area contributed by atoms with Crippen LogP contribution in [0.4, 0.5) is 26.7 Å². The zero-order valence-electron chi connectivity index (χ0n) is 11.0. The van der Waals surface area contributed by atoms with Crippen LogP contribution in [0.1, 0.15) is 22.1 Å². The van der Waals surface area contributed by atoms with Crippen molar-refractivity contribution in [1.29, 1.82) is 0 Å². The number of alkyl halides is 5. The molecular formula is C12H19F5N2O2. The molecule has 0 aliphatic heterocycles. The molecule has 1 rings (SSSR count). The van der Waals surface area contributed by atoms with E-state index in [-0.39, 0.29) is 9.46 Å². The van der Waals surface area contributed by atoms with E-state index in [9.17, 15) is 26.7 Å². The molecule has 1 aliphatic carbocycles. The van der Waals surface area contributed by atoms with Gasteiger partial charge in [0.05, 0.1) is 0 Å². The number of halogens is 5. The van der Waals surface area contributed by atoms with Crippen molar-refractivity contribution in [3.05, 3.63) is 23.8 Å². The minimum absolute atomic E-state index is 0. The maximum absolute atomic E-state index is 12.5. The normalized spacial score (nSPS) is 15.6. The first-order valence-electron chi connectivity index (χ1n) is 6.18. The Bertz CT molecular complexity index is 428. The predicted octanol–water partition coefficient (Wildman–Crippen LogP) is 3.57. The summed E-state index contributed by atoms with van der Waals surface area (Å²) >= 11 is 0. The van der Waals surface area contributed by atoms with Gasteiger partial charge in [-0.25, -0.2) is 10.2 Å². The molecule has 4 nitrogen and oxygen atoms in total. The summed E-state index contributed by atoms with van der Waals surface area (Å²) < 4.78 is 65.3. The number of amides is 1. The molecule has 21 heavy (non-hydrogen) atoms. The SMILES string of the molecule is O=C(NNCCC(F)(F)C(F)(F)F)OCC1=CCCC=C1.[HH].[HH]. The lowest BCUT2D eigenvalue weighted by Gasteiger charge is -2.19. The number of allylic oxidation sites excluding steroid dienone is 2. The summed E-state index contributed by atoms with van der Waals surface area (Å²) in [5.41, 5.74) is 4.63. The van der Waals surface area contributed by atoms with E-state index >= 15 is 0 Å². The Morgan fingerprint density at radius 3 is 2.57 bits per heavy atom. The summed E-state index contributed by atoms with van der Waals surface area (Å²) in [6.07, 6.45) is -0.719. The molecule has 0 radical (unpaired) electrons. The number of hydrazine groups is 1. The molecule has 0 bridgehead atoms. The van der Waals surface area contributed by atoms with E-state index in [0.29, 0.717) is 0 Å². The first-order valence-corrected chi connectivity index (χ1v) is 6.18. The molecule has 9 heteroatoms. The Balaban J connectivity index is 0. The minimum atomic E-state index is -5.60. The second-order valence-electron chi connectivity index (χ2n) is 4.34. The van der Waals surface area contributed by atoms with Crippen molar-refractivity contribution < 1.29 is 34.3 Å². The molecule has 0 spiro atoms. The van der Waals surface area contributed by atoms with Crippen LogP contribution in [0.3, 0.4) is 0 Å². The topological polar surface area (TPSA) is 50.4 Å². The van der Waals surface area contributed by atoms with E-state index in [1.807, 2.05) is 23.0 Å². The zero-order chi connectivity index (χ0) is 15.9. The van der Waals surface area contributed by atoms with Crippen LogP contribution in [0.2, 0.25) is 0 Å². The summed E-state index contributed by atoms with van der Waals surface area (Å²) in [7, 11) is 0. The molecule has 0 aromatic rings. The highest BCUT2D eigenvalue weighted by atomic mass is 19.4. The van der Waals surface area contributed by atoms with Crippen LogP contribution in [0.15, 0.2) is 23.8 Å². The highest BCUT2D eigenvalue weighted by molar-refractivity contribution is 5.66. The molecule has 0 saturated carbocycles. The Hall–Kier alpha value is -1.64. The number of hydrogen-bond donors (Lipinski definition) is 2. The molecule has 0 fully saturated rings. The number of carbonyl (C=O) groups is 1. The fourth-order valence-corrected chi connectivity index (χ4v) is 1.46. The Labute approximate surface area is 121 Å². The van der Waals surface area contributed by atoms with Crippen molar-refractivity contribution >= 4 is 6.09 Å². The van der Waals surface area contributed by atoms with Crippen molar-refractivity contribution in [2.75, 3.05) is 13.2 Å². The van der Waals surface area contributed by atoms with E-state index in [2.05, 4.69) is 0 Å². The lowest BCUT2D eigenvalue weighted by molar-refractivity contribution is -0.283. The number of rotatable bonds is 6. The van der Waals surface area contributed by atoms with E-state index in [1.54, 1.807) is 6.08 Å². The van der Waals surface area contributed by atoms with Crippen molar-refractivity contribution in [2.45, 2.75) is 31.4 Å². The van der Waals surface area contributed by atoms with E-state index in [4.69, 9.17) is 4.74 Å². The summed E-state index contributed by atoms with van der Waals surface area (Å²) in [5, 5.41) is 0. The zero-order valence-corrected chi connectivity index (χ0v) is 11.0. The van der Waals surface area contributed by atoms with Crippen LogP contribution in [-0.4, -0.2) is 31.3 Å². The van der Waals surface area contributed by atoms with Crippen molar-refractivity contribution in [1.82, 2.24) is 10.9 Å². The van der Waals surface area contributed by atoms with Crippen LogP contribution in [-0.2, 0) is 4.74 Å². The minimum Gasteiger partial charge on any atom is -0.444 e. The summed E-state index contributed by atoms with van der Waals surface area (Å²) in [6, 6.07) is 0. The maximum Gasteiger partial charge on any atom is 0.453 e. The van der Waals surface area contributed by atoms with Gasteiger partial charge >= 0.3 is 18.2 Å².